The number of terminal acetylenes is 1. The second-order valence-corrected chi connectivity index (χ2v) is 4.09. The van der Waals surface area contributed by atoms with Gasteiger partial charge in [-0.3, -0.25) is 5.32 Å². The van der Waals surface area contributed by atoms with E-state index in [0.717, 1.165) is 5.69 Å². The molecule has 5 heteroatoms. The second kappa shape index (κ2) is 6.55. The van der Waals surface area contributed by atoms with Gasteiger partial charge in [0.15, 0.2) is 0 Å². The average molecular weight is 269 g/mol. The number of para-hydroxylation sites is 1. The molecule has 1 atom stereocenters. The first kappa shape index (κ1) is 13.8. The molecular formula is C15H15N3O2. The molecule has 0 radical (unpaired) electrons. The largest absolute Gasteiger partial charge is 0.468 e. The van der Waals surface area contributed by atoms with Crippen LogP contribution in [0.4, 0.5) is 0 Å². The van der Waals surface area contributed by atoms with E-state index in [-0.39, 0.29) is 6.54 Å². The van der Waals surface area contributed by atoms with Crippen molar-refractivity contribution in [2.24, 2.45) is 0 Å². The molecule has 5 nitrogen and oxygen atoms in total. The summed E-state index contributed by atoms with van der Waals surface area (Å²) in [5.41, 5.74) is 1.62. The zero-order chi connectivity index (χ0) is 14.4. The van der Waals surface area contributed by atoms with E-state index in [1.807, 2.05) is 30.3 Å². The zero-order valence-corrected chi connectivity index (χ0v) is 11.1. The number of nitrogens with one attached hydrogen (secondary N) is 1. The number of carbonyl (C=O) groups is 1. The Morgan fingerprint density at radius 2 is 2.25 bits per heavy atom. The van der Waals surface area contributed by atoms with Crippen LogP contribution in [-0.2, 0) is 9.53 Å². The Bertz CT molecular complexity index is 614. The van der Waals surface area contributed by atoms with Crippen LogP contribution in [0.1, 0.15) is 11.6 Å². The van der Waals surface area contributed by atoms with E-state index in [0.29, 0.717) is 5.56 Å². The van der Waals surface area contributed by atoms with Gasteiger partial charge in [-0.2, -0.15) is 5.10 Å². The molecule has 0 saturated heterocycles. The third-order valence-corrected chi connectivity index (χ3v) is 2.80. The third-order valence-electron chi connectivity index (χ3n) is 2.80. The number of nitrogens with zero attached hydrogens (tertiary/aromatic N) is 2. The number of ether oxygens (including phenoxy) is 1. The fourth-order valence-electron chi connectivity index (χ4n) is 1.82. The number of carbonyl (C=O) groups excluding carboxylic acids is 1. The second-order valence-electron chi connectivity index (χ2n) is 4.09. The van der Waals surface area contributed by atoms with Crippen molar-refractivity contribution in [2.75, 3.05) is 13.7 Å². The molecule has 1 unspecified atom stereocenters. The van der Waals surface area contributed by atoms with Gasteiger partial charge in [-0.1, -0.05) is 24.1 Å². The van der Waals surface area contributed by atoms with Gasteiger partial charge in [-0.15, -0.1) is 6.42 Å². The highest BCUT2D eigenvalue weighted by Gasteiger charge is 2.22. The van der Waals surface area contributed by atoms with Gasteiger partial charge in [0.2, 0.25) is 0 Å². The lowest BCUT2D eigenvalue weighted by molar-refractivity contribution is -0.143. The average Bonchev–Trinajstić information content (AvgIpc) is 2.98. The molecule has 1 aromatic carbocycles. The van der Waals surface area contributed by atoms with Crippen LogP contribution in [0.25, 0.3) is 5.69 Å². The van der Waals surface area contributed by atoms with E-state index in [9.17, 15) is 4.79 Å². The van der Waals surface area contributed by atoms with Gasteiger partial charge in [-0.05, 0) is 12.1 Å². The normalized spacial score (nSPS) is 11.6. The SMILES string of the molecule is C#CCNC(C(=O)OC)c1cnn(-c2ccccc2)c1. The van der Waals surface area contributed by atoms with Crippen molar-refractivity contribution in [1.82, 2.24) is 15.1 Å². The molecule has 1 aromatic heterocycles. The predicted molar refractivity (Wildman–Crippen MR) is 75.2 cm³/mol. The maximum absolute atomic E-state index is 11.8. The van der Waals surface area contributed by atoms with Crippen molar-refractivity contribution < 1.29 is 9.53 Å². The van der Waals surface area contributed by atoms with Crippen molar-refractivity contribution in [3.63, 3.8) is 0 Å². The van der Waals surface area contributed by atoms with Crippen LogP contribution in [0.3, 0.4) is 0 Å². The van der Waals surface area contributed by atoms with E-state index in [4.69, 9.17) is 11.2 Å². The van der Waals surface area contributed by atoms with Gasteiger partial charge in [0.05, 0.1) is 25.5 Å². The minimum Gasteiger partial charge on any atom is -0.468 e. The summed E-state index contributed by atoms with van der Waals surface area (Å²) in [6.07, 6.45) is 8.61. The van der Waals surface area contributed by atoms with Crippen molar-refractivity contribution in [3.8, 4) is 18.0 Å². The van der Waals surface area contributed by atoms with Crippen LogP contribution in [-0.4, -0.2) is 29.4 Å². The Hall–Kier alpha value is -2.58. The fraction of sp³-hybridized carbons (Fsp3) is 0.200. The zero-order valence-electron chi connectivity index (χ0n) is 11.1. The van der Waals surface area contributed by atoms with Crippen LogP contribution in [0, 0.1) is 12.3 Å². The molecule has 0 fully saturated rings. The van der Waals surface area contributed by atoms with E-state index in [1.54, 1.807) is 17.1 Å². The topological polar surface area (TPSA) is 56.1 Å². The van der Waals surface area contributed by atoms with Crippen molar-refractivity contribution in [1.29, 1.82) is 0 Å². The first-order valence-corrected chi connectivity index (χ1v) is 6.11. The highest BCUT2D eigenvalue weighted by molar-refractivity contribution is 5.77. The monoisotopic (exact) mass is 269 g/mol. The molecule has 2 aromatic rings. The fourth-order valence-corrected chi connectivity index (χ4v) is 1.82. The van der Waals surface area contributed by atoms with Gasteiger partial charge in [0.25, 0.3) is 0 Å². The van der Waals surface area contributed by atoms with Crippen LogP contribution in [0.15, 0.2) is 42.7 Å². The van der Waals surface area contributed by atoms with E-state index in [1.165, 1.54) is 7.11 Å². The summed E-state index contributed by atoms with van der Waals surface area (Å²) in [6, 6.07) is 9.02. The highest BCUT2D eigenvalue weighted by Crippen LogP contribution is 2.16. The van der Waals surface area contributed by atoms with E-state index >= 15 is 0 Å². The lowest BCUT2D eigenvalue weighted by Crippen LogP contribution is -2.29. The summed E-state index contributed by atoms with van der Waals surface area (Å²) in [4.78, 5) is 11.8. The molecule has 0 bridgehead atoms. The molecule has 2 rings (SSSR count). The molecule has 0 amide bonds. The van der Waals surface area contributed by atoms with Gasteiger partial charge in [0, 0.05) is 11.8 Å². The molecule has 1 N–H and O–H groups in total. The smallest absolute Gasteiger partial charge is 0.327 e. The maximum Gasteiger partial charge on any atom is 0.327 e. The Morgan fingerprint density at radius 3 is 2.90 bits per heavy atom. The predicted octanol–water partition coefficient (Wildman–Crippen LogP) is 1.31. The number of aromatic nitrogens is 2. The van der Waals surface area contributed by atoms with Gasteiger partial charge < -0.3 is 4.74 Å². The number of benzene rings is 1. The maximum atomic E-state index is 11.8. The number of methoxy groups -OCH3 is 1. The minimum atomic E-state index is -0.617. The summed E-state index contributed by atoms with van der Waals surface area (Å²) < 4.78 is 6.47. The summed E-state index contributed by atoms with van der Waals surface area (Å²) in [5, 5.41) is 7.19. The van der Waals surface area contributed by atoms with E-state index < -0.39 is 12.0 Å². The first-order valence-electron chi connectivity index (χ1n) is 6.11. The Labute approximate surface area is 117 Å². The highest BCUT2D eigenvalue weighted by atomic mass is 16.5. The lowest BCUT2D eigenvalue weighted by Gasteiger charge is -2.12. The molecule has 20 heavy (non-hydrogen) atoms. The summed E-state index contributed by atoms with van der Waals surface area (Å²) in [5.74, 6) is 2.04. The summed E-state index contributed by atoms with van der Waals surface area (Å²) >= 11 is 0. The minimum absolute atomic E-state index is 0.274. The quantitative estimate of drug-likeness (QED) is 0.657. The van der Waals surface area contributed by atoms with Crippen LogP contribution in [0.5, 0.6) is 0 Å². The molecule has 0 aliphatic heterocycles. The Kier molecular flexibility index (Phi) is 4.53. The third kappa shape index (κ3) is 3.05. The Morgan fingerprint density at radius 1 is 1.50 bits per heavy atom. The molecule has 0 aliphatic carbocycles. The van der Waals surface area contributed by atoms with Gasteiger partial charge in [-0.25, -0.2) is 9.48 Å². The Balaban J connectivity index is 2.25. The summed E-state index contributed by atoms with van der Waals surface area (Å²) in [6.45, 7) is 0.274. The van der Waals surface area contributed by atoms with Crippen LogP contribution >= 0.6 is 0 Å². The molecule has 0 saturated carbocycles. The number of esters is 1. The lowest BCUT2D eigenvalue weighted by atomic mass is 10.1. The molecule has 0 aliphatic rings. The number of hydrogen-bond acceptors (Lipinski definition) is 4. The van der Waals surface area contributed by atoms with E-state index in [2.05, 4.69) is 16.3 Å². The van der Waals surface area contributed by atoms with Crippen LogP contribution < -0.4 is 5.32 Å². The first-order chi connectivity index (χ1) is 9.76. The molecule has 1 heterocycles. The molecule has 102 valence electrons. The van der Waals surface area contributed by atoms with Gasteiger partial charge >= 0.3 is 5.97 Å². The standard InChI is InChI=1S/C15H15N3O2/c1-3-9-16-14(15(19)20-2)12-10-17-18(11-12)13-7-5-4-6-8-13/h1,4-8,10-11,14,16H,9H2,2H3. The van der Waals surface area contributed by atoms with Gasteiger partial charge in [0.1, 0.15) is 6.04 Å². The van der Waals surface area contributed by atoms with Crippen molar-refractivity contribution >= 4 is 5.97 Å². The number of rotatable bonds is 5. The van der Waals surface area contributed by atoms with Crippen molar-refractivity contribution in [2.45, 2.75) is 6.04 Å². The molecular weight excluding hydrogens is 254 g/mol. The van der Waals surface area contributed by atoms with Crippen LogP contribution in [0.2, 0.25) is 0 Å². The molecule has 0 spiro atoms. The van der Waals surface area contributed by atoms with Crippen molar-refractivity contribution in [3.05, 3.63) is 48.3 Å². The summed E-state index contributed by atoms with van der Waals surface area (Å²) in [7, 11) is 1.34. The number of hydrogen-bond donors (Lipinski definition) is 1.